The molecule has 1 saturated heterocycles. The maximum absolute atomic E-state index is 13.8. The van der Waals surface area contributed by atoms with E-state index in [9.17, 15) is 13.6 Å². The molecule has 3 nitrogen and oxygen atoms in total. The lowest BCUT2D eigenvalue weighted by Crippen LogP contribution is -2.36. The third kappa shape index (κ3) is 2.05. The molecule has 1 aliphatic rings. The molecule has 2 rings (SSSR count). The fraction of sp³-hybridized carbons (Fsp3) is 0.462. The second-order valence-corrected chi connectivity index (χ2v) is 4.53. The van der Waals surface area contributed by atoms with Gasteiger partial charge < -0.3 is 10.6 Å². The minimum atomic E-state index is -0.957. The molecule has 98 valence electrons. The zero-order chi connectivity index (χ0) is 13.3. The molecule has 0 saturated carbocycles. The van der Waals surface area contributed by atoms with Gasteiger partial charge in [-0.1, -0.05) is 6.92 Å². The van der Waals surface area contributed by atoms with Crippen molar-refractivity contribution in [3.05, 3.63) is 29.3 Å². The molecule has 5 heteroatoms. The molecule has 2 N–H and O–H groups in total. The van der Waals surface area contributed by atoms with Crippen molar-refractivity contribution in [3.8, 4) is 0 Å². The van der Waals surface area contributed by atoms with Gasteiger partial charge in [0.15, 0.2) is 5.82 Å². The average molecular weight is 254 g/mol. The van der Waals surface area contributed by atoms with Gasteiger partial charge in [0.25, 0.3) is 5.91 Å². The number of nitrogens with two attached hydrogens (primary N) is 1. The Morgan fingerprint density at radius 3 is 2.89 bits per heavy atom. The highest BCUT2D eigenvalue weighted by Crippen LogP contribution is 2.26. The number of carbonyl (C=O) groups is 1. The summed E-state index contributed by atoms with van der Waals surface area (Å²) in [6, 6.07) is 2.23. The van der Waals surface area contributed by atoms with Crippen molar-refractivity contribution >= 4 is 11.6 Å². The van der Waals surface area contributed by atoms with Crippen molar-refractivity contribution in [2.75, 3.05) is 12.3 Å². The van der Waals surface area contributed by atoms with Gasteiger partial charge in [0.05, 0.1) is 5.69 Å². The number of benzene rings is 1. The summed E-state index contributed by atoms with van der Waals surface area (Å²) in [6.45, 7) is 2.51. The standard InChI is InChI=1S/C13H16F2N2O/c1-2-8-4-3-7-17(8)13(18)11-9(14)5-6-10(16)12(11)15/h5-6,8H,2-4,7,16H2,1H3. The van der Waals surface area contributed by atoms with Crippen LogP contribution >= 0.6 is 0 Å². The van der Waals surface area contributed by atoms with Gasteiger partial charge in [-0.25, -0.2) is 8.78 Å². The Balaban J connectivity index is 2.37. The minimum Gasteiger partial charge on any atom is -0.396 e. The first-order valence-electron chi connectivity index (χ1n) is 6.10. The van der Waals surface area contributed by atoms with Gasteiger partial charge in [-0.2, -0.15) is 0 Å². The van der Waals surface area contributed by atoms with Gasteiger partial charge in [-0.3, -0.25) is 4.79 Å². The molecular formula is C13H16F2N2O. The van der Waals surface area contributed by atoms with E-state index in [4.69, 9.17) is 5.73 Å². The summed E-state index contributed by atoms with van der Waals surface area (Å²) in [5.41, 5.74) is 4.65. The van der Waals surface area contributed by atoms with Gasteiger partial charge in [-0.15, -0.1) is 0 Å². The number of hydrogen-bond acceptors (Lipinski definition) is 2. The average Bonchev–Trinajstić information content (AvgIpc) is 2.82. The zero-order valence-electron chi connectivity index (χ0n) is 10.2. The summed E-state index contributed by atoms with van der Waals surface area (Å²) in [5, 5.41) is 0. The highest BCUT2D eigenvalue weighted by Gasteiger charge is 2.31. The number of anilines is 1. The number of halogens is 2. The first-order valence-corrected chi connectivity index (χ1v) is 6.10. The Bertz CT molecular complexity index is 476. The number of nitrogens with zero attached hydrogens (tertiary/aromatic N) is 1. The third-order valence-corrected chi connectivity index (χ3v) is 3.44. The van der Waals surface area contributed by atoms with Crippen LogP contribution in [0.15, 0.2) is 12.1 Å². The number of hydrogen-bond donors (Lipinski definition) is 1. The second kappa shape index (κ2) is 4.92. The number of likely N-dealkylation sites (tertiary alicyclic amines) is 1. The van der Waals surface area contributed by atoms with E-state index < -0.39 is 23.1 Å². The molecule has 0 radical (unpaired) electrons. The van der Waals surface area contributed by atoms with Crippen molar-refractivity contribution in [1.82, 2.24) is 4.90 Å². The fourth-order valence-electron chi connectivity index (χ4n) is 2.44. The van der Waals surface area contributed by atoms with Crippen LogP contribution in [0, 0.1) is 11.6 Å². The molecule has 1 aromatic rings. The summed E-state index contributed by atoms with van der Waals surface area (Å²) in [4.78, 5) is 13.7. The molecule has 0 spiro atoms. The van der Waals surface area contributed by atoms with Gasteiger partial charge >= 0.3 is 0 Å². The molecule has 1 atom stereocenters. The predicted octanol–water partition coefficient (Wildman–Crippen LogP) is 2.56. The van der Waals surface area contributed by atoms with Crippen LogP contribution in [0.4, 0.5) is 14.5 Å². The van der Waals surface area contributed by atoms with E-state index >= 15 is 0 Å². The number of rotatable bonds is 2. The Morgan fingerprint density at radius 2 is 2.22 bits per heavy atom. The molecule has 1 amide bonds. The normalized spacial score (nSPS) is 19.3. The molecule has 1 fully saturated rings. The smallest absolute Gasteiger partial charge is 0.260 e. The van der Waals surface area contributed by atoms with E-state index in [1.807, 2.05) is 6.92 Å². The van der Waals surface area contributed by atoms with E-state index in [1.165, 1.54) is 0 Å². The van der Waals surface area contributed by atoms with Gasteiger partial charge in [0.2, 0.25) is 0 Å². The van der Waals surface area contributed by atoms with Crippen molar-refractivity contribution in [2.24, 2.45) is 0 Å². The monoisotopic (exact) mass is 254 g/mol. The molecule has 18 heavy (non-hydrogen) atoms. The summed E-state index contributed by atoms with van der Waals surface area (Å²) in [6.07, 6.45) is 2.54. The van der Waals surface area contributed by atoms with Crippen LogP contribution in [0.2, 0.25) is 0 Å². The largest absolute Gasteiger partial charge is 0.396 e. The Morgan fingerprint density at radius 1 is 1.50 bits per heavy atom. The highest BCUT2D eigenvalue weighted by molar-refractivity contribution is 5.96. The van der Waals surface area contributed by atoms with E-state index in [-0.39, 0.29) is 11.7 Å². The van der Waals surface area contributed by atoms with E-state index in [0.29, 0.717) is 6.54 Å². The van der Waals surface area contributed by atoms with Crippen LogP contribution in [0.3, 0.4) is 0 Å². The van der Waals surface area contributed by atoms with Gasteiger partial charge in [-0.05, 0) is 31.4 Å². The molecule has 1 heterocycles. The Labute approximate surface area is 105 Å². The Kier molecular flexibility index (Phi) is 3.50. The number of nitrogen functional groups attached to an aromatic ring is 1. The molecule has 1 aliphatic heterocycles. The summed E-state index contributed by atoms with van der Waals surface area (Å²) >= 11 is 0. The third-order valence-electron chi connectivity index (χ3n) is 3.44. The summed E-state index contributed by atoms with van der Waals surface area (Å²) in [5.74, 6) is -2.41. The SMILES string of the molecule is CCC1CCCN1C(=O)c1c(F)ccc(N)c1F. The van der Waals surface area contributed by atoms with Crippen molar-refractivity contribution in [2.45, 2.75) is 32.2 Å². The molecule has 0 aromatic heterocycles. The van der Waals surface area contributed by atoms with E-state index in [0.717, 1.165) is 31.4 Å². The Hall–Kier alpha value is -1.65. The summed E-state index contributed by atoms with van der Waals surface area (Å²) in [7, 11) is 0. The maximum Gasteiger partial charge on any atom is 0.260 e. The van der Waals surface area contributed by atoms with E-state index in [2.05, 4.69) is 0 Å². The highest BCUT2D eigenvalue weighted by atomic mass is 19.1. The van der Waals surface area contributed by atoms with E-state index in [1.54, 1.807) is 4.90 Å². The number of carbonyl (C=O) groups excluding carboxylic acids is 1. The van der Waals surface area contributed by atoms with Crippen molar-refractivity contribution in [3.63, 3.8) is 0 Å². The first-order chi connectivity index (χ1) is 8.56. The topological polar surface area (TPSA) is 46.3 Å². The molecular weight excluding hydrogens is 238 g/mol. The molecule has 0 bridgehead atoms. The zero-order valence-corrected chi connectivity index (χ0v) is 10.2. The molecule has 0 aliphatic carbocycles. The second-order valence-electron chi connectivity index (χ2n) is 4.53. The van der Waals surface area contributed by atoms with Crippen LogP contribution in [-0.4, -0.2) is 23.4 Å². The lowest BCUT2D eigenvalue weighted by molar-refractivity contribution is 0.0724. The predicted molar refractivity (Wildman–Crippen MR) is 65.1 cm³/mol. The lowest BCUT2D eigenvalue weighted by atomic mass is 10.1. The first kappa shape index (κ1) is 12.8. The lowest BCUT2D eigenvalue weighted by Gasteiger charge is -2.24. The van der Waals surface area contributed by atoms with Crippen molar-refractivity contribution < 1.29 is 13.6 Å². The van der Waals surface area contributed by atoms with Crippen LogP contribution in [-0.2, 0) is 0 Å². The van der Waals surface area contributed by atoms with Crippen LogP contribution < -0.4 is 5.73 Å². The number of amides is 1. The van der Waals surface area contributed by atoms with Crippen molar-refractivity contribution in [1.29, 1.82) is 0 Å². The molecule has 1 unspecified atom stereocenters. The fourth-order valence-corrected chi connectivity index (χ4v) is 2.44. The van der Waals surface area contributed by atoms with Gasteiger partial charge in [0.1, 0.15) is 11.4 Å². The maximum atomic E-state index is 13.8. The van der Waals surface area contributed by atoms with Crippen LogP contribution in [0.25, 0.3) is 0 Å². The summed E-state index contributed by atoms with van der Waals surface area (Å²) < 4.78 is 27.4. The van der Waals surface area contributed by atoms with Gasteiger partial charge in [0, 0.05) is 12.6 Å². The molecule has 1 aromatic carbocycles. The minimum absolute atomic E-state index is 0.0673. The van der Waals surface area contributed by atoms with Crippen LogP contribution in [0.1, 0.15) is 36.5 Å². The van der Waals surface area contributed by atoms with Crippen LogP contribution in [0.5, 0.6) is 0 Å². The quantitative estimate of drug-likeness (QED) is 0.824.